The van der Waals surface area contributed by atoms with Crippen LogP contribution in [0.1, 0.15) is 344 Å². The molecule has 522 valence electrons. The average Bonchev–Trinajstić information content (AvgIpc) is 3.52. The summed E-state index contributed by atoms with van der Waals surface area (Å²) < 4.78 is 68.2. The van der Waals surface area contributed by atoms with Crippen molar-refractivity contribution in [3.8, 4) is 0 Å². The fourth-order valence-corrected chi connectivity index (χ4v) is 11.9. The molecule has 0 aromatic carbocycles. The highest BCUT2D eigenvalue weighted by molar-refractivity contribution is 7.47. The second kappa shape index (κ2) is 60.0. The number of hydrogen-bond donors (Lipinski definition) is 3. The van der Waals surface area contributed by atoms with E-state index in [-0.39, 0.29) is 25.7 Å². The van der Waals surface area contributed by atoms with Crippen LogP contribution in [-0.4, -0.2) is 96.7 Å². The van der Waals surface area contributed by atoms with Crippen molar-refractivity contribution in [3.63, 3.8) is 0 Å². The molecule has 0 aliphatic rings. The molecule has 0 spiro atoms. The van der Waals surface area contributed by atoms with E-state index >= 15 is 0 Å². The number of aliphatic hydroxyl groups excluding tert-OH is 1. The molecule has 0 aromatic rings. The van der Waals surface area contributed by atoms with Gasteiger partial charge in [0, 0.05) is 25.7 Å². The zero-order chi connectivity index (χ0) is 65.2. The van der Waals surface area contributed by atoms with Gasteiger partial charge in [0.2, 0.25) is 0 Å². The SMILES string of the molecule is CCCCCCCCCCCCC(=O)OC[C@H](COP(=O)(O)OC[C@H](O)COP(=O)(O)OC[C@@H](COC(=O)CCCCCCCCCCC(C)CC)OC(=O)CCCCCCCCCCCCCC(C)C)OC(=O)CCCCCCCCCCC(C)CC. The minimum Gasteiger partial charge on any atom is -0.462 e. The molecule has 3 N–H and O–H groups in total. The molecule has 0 heterocycles. The number of unbranched alkanes of at least 4 members (excludes halogenated alkanes) is 33. The molecule has 0 saturated carbocycles. The lowest BCUT2D eigenvalue weighted by molar-refractivity contribution is -0.161. The maximum absolute atomic E-state index is 13.0. The Hall–Kier alpha value is -1.94. The minimum atomic E-state index is -4.95. The molecule has 0 aliphatic carbocycles. The van der Waals surface area contributed by atoms with E-state index in [1.165, 1.54) is 154 Å². The summed E-state index contributed by atoms with van der Waals surface area (Å²) in [6.45, 7) is 11.8. The Morgan fingerprint density at radius 2 is 0.580 bits per heavy atom. The number of carbonyl (C=O) groups is 4. The van der Waals surface area contributed by atoms with Crippen LogP contribution in [-0.2, 0) is 65.4 Å². The third-order valence-corrected chi connectivity index (χ3v) is 18.5. The van der Waals surface area contributed by atoms with Crippen LogP contribution in [0, 0.1) is 17.8 Å². The monoisotopic (exact) mass is 1300 g/mol. The fourth-order valence-electron chi connectivity index (χ4n) is 10.3. The predicted octanol–water partition coefficient (Wildman–Crippen LogP) is 19.5. The summed E-state index contributed by atoms with van der Waals surface area (Å²) >= 11 is 0. The van der Waals surface area contributed by atoms with Gasteiger partial charge in [-0.05, 0) is 43.4 Å². The van der Waals surface area contributed by atoms with Crippen LogP contribution in [0.5, 0.6) is 0 Å². The van der Waals surface area contributed by atoms with Gasteiger partial charge < -0.3 is 33.8 Å². The Labute approximate surface area is 537 Å². The number of rotatable bonds is 67. The second-order valence-electron chi connectivity index (χ2n) is 25.9. The van der Waals surface area contributed by atoms with Crippen molar-refractivity contribution < 1.29 is 80.2 Å². The fraction of sp³-hybridized carbons (Fsp3) is 0.942. The molecule has 19 heteroatoms. The van der Waals surface area contributed by atoms with Gasteiger partial charge in [0.25, 0.3) is 0 Å². The topological polar surface area (TPSA) is 237 Å². The molecule has 0 aromatic heterocycles. The number of carbonyl (C=O) groups excluding carboxylic acids is 4. The highest BCUT2D eigenvalue weighted by Gasteiger charge is 2.30. The van der Waals surface area contributed by atoms with E-state index in [2.05, 4.69) is 48.5 Å². The Kier molecular flexibility index (Phi) is 58.7. The number of aliphatic hydroxyl groups is 1. The standard InChI is InChI=1S/C69H134O17P2/c1-8-11-12-13-14-15-20-29-36-43-50-66(71)79-56-65(86-69(74)53-46-39-32-25-23-28-35-42-49-62(7)10-3)59-84-88(77,78)82-55-63(70)54-81-87(75,76)83-58-64(57-80-67(72)51-44-37-30-24-22-27-34-41-48-61(6)9-2)85-68(73)52-45-38-31-21-18-16-17-19-26-33-40-47-60(4)5/h60-65,70H,8-59H2,1-7H3,(H,75,76)(H,77,78)/t61?,62?,63-,64-,65-/m1/s1. The average molecular weight is 1300 g/mol. The van der Waals surface area contributed by atoms with E-state index in [4.69, 9.17) is 37.0 Å². The van der Waals surface area contributed by atoms with Crippen molar-refractivity contribution in [1.29, 1.82) is 0 Å². The summed E-state index contributed by atoms with van der Waals surface area (Å²) in [5, 5.41) is 10.6. The smallest absolute Gasteiger partial charge is 0.462 e. The molecule has 88 heavy (non-hydrogen) atoms. The molecule has 0 aliphatic heterocycles. The zero-order valence-corrected chi connectivity index (χ0v) is 59.0. The van der Waals surface area contributed by atoms with E-state index in [0.29, 0.717) is 25.7 Å². The van der Waals surface area contributed by atoms with Crippen molar-refractivity contribution in [2.75, 3.05) is 39.6 Å². The summed E-state index contributed by atoms with van der Waals surface area (Å²) in [4.78, 5) is 72.5. The van der Waals surface area contributed by atoms with Gasteiger partial charge in [-0.25, -0.2) is 9.13 Å². The van der Waals surface area contributed by atoms with Gasteiger partial charge >= 0.3 is 39.5 Å². The molecule has 0 bridgehead atoms. The lowest BCUT2D eigenvalue weighted by atomic mass is 9.99. The molecule has 7 atom stereocenters. The maximum atomic E-state index is 13.0. The summed E-state index contributed by atoms with van der Waals surface area (Å²) in [6.07, 6.45) is 42.9. The van der Waals surface area contributed by atoms with Crippen LogP contribution >= 0.6 is 15.6 Å². The van der Waals surface area contributed by atoms with Gasteiger partial charge in [0.15, 0.2) is 12.2 Å². The second-order valence-corrected chi connectivity index (χ2v) is 28.8. The minimum absolute atomic E-state index is 0.105. The first-order valence-electron chi connectivity index (χ1n) is 35.9. The van der Waals surface area contributed by atoms with Crippen LogP contribution in [0.3, 0.4) is 0 Å². The van der Waals surface area contributed by atoms with Crippen molar-refractivity contribution in [1.82, 2.24) is 0 Å². The first kappa shape index (κ1) is 86.1. The predicted molar refractivity (Wildman–Crippen MR) is 354 cm³/mol. The Morgan fingerprint density at radius 3 is 0.864 bits per heavy atom. The molecule has 0 amide bonds. The van der Waals surface area contributed by atoms with Gasteiger partial charge in [-0.15, -0.1) is 0 Å². The largest absolute Gasteiger partial charge is 0.472 e. The van der Waals surface area contributed by atoms with Crippen LogP contribution < -0.4 is 0 Å². The van der Waals surface area contributed by atoms with E-state index in [1.54, 1.807) is 0 Å². The summed E-state index contributed by atoms with van der Waals surface area (Å²) in [5.41, 5.74) is 0. The van der Waals surface area contributed by atoms with Crippen molar-refractivity contribution in [2.45, 2.75) is 362 Å². The number of esters is 4. The van der Waals surface area contributed by atoms with Gasteiger partial charge in [-0.1, -0.05) is 292 Å². The lowest BCUT2D eigenvalue weighted by Crippen LogP contribution is -2.30. The van der Waals surface area contributed by atoms with Gasteiger partial charge in [0.1, 0.15) is 19.3 Å². The zero-order valence-electron chi connectivity index (χ0n) is 57.2. The summed E-state index contributed by atoms with van der Waals surface area (Å²) in [7, 11) is -9.90. The van der Waals surface area contributed by atoms with Gasteiger partial charge in [-0.2, -0.15) is 0 Å². The van der Waals surface area contributed by atoms with Crippen LogP contribution in [0.4, 0.5) is 0 Å². The van der Waals surface area contributed by atoms with Crippen LogP contribution in [0.15, 0.2) is 0 Å². The summed E-state index contributed by atoms with van der Waals surface area (Å²) in [6, 6.07) is 0. The van der Waals surface area contributed by atoms with E-state index in [9.17, 15) is 43.2 Å². The van der Waals surface area contributed by atoms with Crippen molar-refractivity contribution in [3.05, 3.63) is 0 Å². The van der Waals surface area contributed by atoms with E-state index in [1.807, 2.05) is 0 Å². The number of phosphoric ester groups is 2. The van der Waals surface area contributed by atoms with Gasteiger partial charge in [-0.3, -0.25) is 37.3 Å². The number of ether oxygens (including phenoxy) is 4. The molecule has 0 saturated heterocycles. The molecule has 0 radical (unpaired) electrons. The molecule has 0 fully saturated rings. The van der Waals surface area contributed by atoms with Crippen LogP contribution in [0.25, 0.3) is 0 Å². The Morgan fingerprint density at radius 1 is 0.330 bits per heavy atom. The first-order chi connectivity index (χ1) is 42.3. The van der Waals surface area contributed by atoms with Crippen LogP contribution in [0.2, 0.25) is 0 Å². The third-order valence-electron chi connectivity index (χ3n) is 16.6. The van der Waals surface area contributed by atoms with Gasteiger partial charge in [0.05, 0.1) is 26.4 Å². The highest BCUT2D eigenvalue weighted by atomic mass is 31.2. The highest BCUT2D eigenvalue weighted by Crippen LogP contribution is 2.45. The van der Waals surface area contributed by atoms with Crippen molar-refractivity contribution >= 4 is 39.5 Å². The Bertz CT molecular complexity index is 1740. The maximum Gasteiger partial charge on any atom is 0.472 e. The molecule has 17 nitrogen and oxygen atoms in total. The number of hydrogen-bond acceptors (Lipinski definition) is 15. The Balaban J connectivity index is 5.27. The van der Waals surface area contributed by atoms with E-state index < -0.39 is 97.5 Å². The lowest BCUT2D eigenvalue weighted by Gasteiger charge is -2.21. The number of phosphoric acid groups is 2. The molecule has 4 unspecified atom stereocenters. The summed E-state index contributed by atoms with van der Waals surface area (Å²) in [5.74, 6) is 0.184. The third kappa shape index (κ3) is 60.3. The molecule has 0 rings (SSSR count). The molecular formula is C69H134O17P2. The quantitative estimate of drug-likeness (QED) is 0.0222. The van der Waals surface area contributed by atoms with E-state index in [0.717, 1.165) is 108 Å². The first-order valence-corrected chi connectivity index (χ1v) is 38.9. The normalized spacial score (nSPS) is 14.9. The molecular weight excluding hydrogens is 1160 g/mol. The van der Waals surface area contributed by atoms with Crippen molar-refractivity contribution in [2.24, 2.45) is 17.8 Å².